The lowest BCUT2D eigenvalue weighted by molar-refractivity contribution is 0.822. The predicted octanol–water partition coefficient (Wildman–Crippen LogP) is 2.63. The van der Waals surface area contributed by atoms with Gasteiger partial charge < -0.3 is 10.6 Å². The van der Waals surface area contributed by atoms with Gasteiger partial charge >= 0.3 is 0 Å². The van der Waals surface area contributed by atoms with Gasteiger partial charge in [-0.05, 0) is 19.2 Å². The van der Waals surface area contributed by atoms with E-state index >= 15 is 0 Å². The Morgan fingerprint density at radius 2 is 2.06 bits per heavy atom. The fourth-order valence-electron chi connectivity index (χ4n) is 1.62. The molecule has 0 aliphatic rings. The lowest BCUT2D eigenvalue weighted by atomic mass is 10.1. The van der Waals surface area contributed by atoms with Gasteiger partial charge in [-0.1, -0.05) is 28.1 Å². The summed E-state index contributed by atoms with van der Waals surface area (Å²) in [5.74, 6) is 0.939. The summed E-state index contributed by atoms with van der Waals surface area (Å²) in [6, 6.07) is 8.16. The van der Waals surface area contributed by atoms with E-state index in [1.807, 2.05) is 31.4 Å². The Bertz CT molecular complexity index is 485. The van der Waals surface area contributed by atoms with Crippen LogP contribution in [0.5, 0.6) is 0 Å². The molecule has 0 saturated heterocycles. The van der Waals surface area contributed by atoms with Gasteiger partial charge in [-0.3, -0.25) is 0 Å². The molecule has 2 rings (SSSR count). The maximum atomic E-state index is 4.36. The summed E-state index contributed by atoms with van der Waals surface area (Å²) in [6.45, 7) is 1.79. The zero-order valence-corrected chi connectivity index (χ0v) is 10.7. The van der Waals surface area contributed by atoms with Gasteiger partial charge in [0.25, 0.3) is 0 Å². The molecule has 0 spiro atoms. The highest BCUT2D eigenvalue weighted by molar-refractivity contribution is 9.10. The van der Waals surface area contributed by atoms with Crippen molar-refractivity contribution in [3.63, 3.8) is 0 Å². The van der Waals surface area contributed by atoms with Gasteiger partial charge in [-0.15, -0.1) is 0 Å². The molecule has 0 fully saturated rings. The van der Waals surface area contributed by atoms with Crippen LogP contribution in [0.4, 0.5) is 5.82 Å². The van der Waals surface area contributed by atoms with E-state index in [0.29, 0.717) is 0 Å². The number of fused-ring (bicyclic) bond motifs is 1. The highest BCUT2D eigenvalue weighted by atomic mass is 79.9. The van der Waals surface area contributed by atoms with Gasteiger partial charge in [0.1, 0.15) is 5.82 Å². The zero-order valence-electron chi connectivity index (χ0n) is 9.13. The van der Waals surface area contributed by atoms with Crippen LogP contribution in [0.2, 0.25) is 0 Å². The molecule has 1 aromatic heterocycles. The van der Waals surface area contributed by atoms with Crippen LogP contribution in [-0.2, 0) is 0 Å². The normalized spacial score (nSPS) is 10.6. The highest BCUT2D eigenvalue weighted by Crippen LogP contribution is 2.27. The van der Waals surface area contributed by atoms with Gasteiger partial charge in [-0.25, -0.2) is 4.98 Å². The van der Waals surface area contributed by atoms with Crippen LogP contribution >= 0.6 is 15.9 Å². The van der Waals surface area contributed by atoms with E-state index in [9.17, 15) is 0 Å². The summed E-state index contributed by atoms with van der Waals surface area (Å²) in [5.41, 5.74) is 0. The molecule has 3 nitrogen and oxygen atoms in total. The first-order valence-electron chi connectivity index (χ1n) is 5.24. The SMILES string of the molecule is CNCCNc1nccc2c(Br)cccc12. The largest absolute Gasteiger partial charge is 0.368 e. The number of benzene rings is 1. The van der Waals surface area contributed by atoms with Gasteiger partial charge in [0, 0.05) is 34.5 Å². The lowest BCUT2D eigenvalue weighted by Gasteiger charge is -2.09. The number of nitrogens with zero attached hydrogens (tertiary/aromatic N) is 1. The summed E-state index contributed by atoms with van der Waals surface area (Å²) in [4.78, 5) is 4.36. The molecule has 1 heterocycles. The molecule has 1 aromatic carbocycles. The Hall–Kier alpha value is -1.13. The van der Waals surface area contributed by atoms with Crippen molar-refractivity contribution in [2.24, 2.45) is 0 Å². The summed E-state index contributed by atoms with van der Waals surface area (Å²) in [5, 5.41) is 8.75. The highest BCUT2D eigenvalue weighted by Gasteiger charge is 2.03. The van der Waals surface area contributed by atoms with E-state index in [0.717, 1.165) is 28.8 Å². The minimum absolute atomic E-state index is 0.870. The number of nitrogens with one attached hydrogen (secondary N) is 2. The third kappa shape index (κ3) is 2.33. The van der Waals surface area contributed by atoms with Crippen LogP contribution < -0.4 is 10.6 Å². The molecule has 0 aliphatic heterocycles. The second-order valence-corrected chi connectivity index (χ2v) is 4.38. The zero-order chi connectivity index (χ0) is 11.4. The van der Waals surface area contributed by atoms with Gasteiger partial charge in [0.2, 0.25) is 0 Å². The minimum Gasteiger partial charge on any atom is -0.368 e. The van der Waals surface area contributed by atoms with Crippen LogP contribution in [0.3, 0.4) is 0 Å². The molecular formula is C12H14BrN3. The van der Waals surface area contributed by atoms with E-state index in [1.165, 1.54) is 5.39 Å². The molecule has 2 aromatic rings. The van der Waals surface area contributed by atoms with E-state index in [2.05, 4.69) is 37.6 Å². The van der Waals surface area contributed by atoms with Gasteiger partial charge in [-0.2, -0.15) is 0 Å². The Balaban J connectivity index is 2.34. The summed E-state index contributed by atoms with van der Waals surface area (Å²) in [6.07, 6.45) is 1.83. The van der Waals surface area contributed by atoms with E-state index in [4.69, 9.17) is 0 Å². The van der Waals surface area contributed by atoms with Gasteiger partial charge in [0.05, 0.1) is 0 Å². The molecule has 0 aliphatic carbocycles. The minimum atomic E-state index is 0.870. The number of hydrogen-bond acceptors (Lipinski definition) is 3. The number of likely N-dealkylation sites (N-methyl/N-ethyl adjacent to an activating group) is 1. The number of aromatic nitrogens is 1. The standard InChI is InChI=1S/C12H14BrN3/c1-14-7-8-16-12-10-3-2-4-11(13)9(10)5-6-15-12/h2-6,14H,7-8H2,1H3,(H,15,16). The molecule has 4 heteroatoms. The van der Waals surface area contributed by atoms with Crippen LogP contribution in [0.15, 0.2) is 34.9 Å². The van der Waals surface area contributed by atoms with Crippen molar-refractivity contribution in [1.29, 1.82) is 0 Å². The molecule has 0 unspecified atom stereocenters. The quantitative estimate of drug-likeness (QED) is 0.845. The number of pyridine rings is 1. The van der Waals surface area contributed by atoms with E-state index in [1.54, 1.807) is 0 Å². The average molecular weight is 280 g/mol. The van der Waals surface area contributed by atoms with Crippen LogP contribution in [0.25, 0.3) is 10.8 Å². The molecule has 16 heavy (non-hydrogen) atoms. The molecule has 2 N–H and O–H groups in total. The Labute approximate surface area is 103 Å². The first-order chi connectivity index (χ1) is 7.83. The number of halogens is 1. The molecular weight excluding hydrogens is 266 g/mol. The molecule has 0 saturated carbocycles. The maximum absolute atomic E-state index is 4.36. The molecule has 0 atom stereocenters. The second kappa shape index (κ2) is 5.27. The first kappa shape index (κ1) is 11.4. The average Bonchev–Trinajstić information content (AvgIpc) is 2.31. The van der Waals surface area contributed by atoms with E-state index in [-0.39, 0.29) is 0 Å². The van der Waals surface area contributed by atoms with Crippen molar-refractivity contribution in [3.05, 3.63) is 34.9 Å². The van der Waals surface area contributed by atoms with Crippen LogP contribution in [-0.4, -0.2) is 25.1 Å². The molecule has 0 bridgehead atoms. The fraction of sp³-hybridized carbons (Fsp3) is 0.250. The Morgan fingerprint density at radius 3 is 2.88 bits per heavy atom. The van der Waals surface area contributed by atoms with Crippen LogP contribution in [0, 0.1) is 0 Å². The topological polar surface area (TPSA) is 37.0 Å². The van der Waals surface area contributed by atoms with Crippen molar-refractivity contribution < 1.29 is 0 Å². The van der Waals surface area contributed by atoms with Crippen LogP contribution in [0.1, 0.15) is 0 Å². The lowest BCUT2D eigenvalue weighted by Crippen LogP contribution is -2.18. The predicted molar refractivity (Wildman–Crippen MR) is 71.9 cm³/mol. The van der Waals surface area contributed by atoms with Crippen molar-refractivity contribution in [2.75, 3.05) is 25.5 Å². The smallest absolute Gasteiger partial charge is 0.133 e. The maximum Gasteiger partial charge on any atom is 0.133 e. The van der Waals surface area contributed by atoms with Gasteiger partial charge in [0.15, 0.2) is 0 Å². The van der Waals surface area contributed by atoms with E-state index < -0.39 is 0 Å². The molecule has 0 radical (unpaired) electrons. The van der Waals surface area contributed by atoms with Crippen molar-refractivity contribution in [3.8, 4) is 0 Å². The first-order valence-corrected chi connectivity index (χ1v) is 6.04. The number of anilines is 1. The third-order valence-electron chi connectivity index (χ3n) is 2.42. The van der Waals surface area contributed by atoms with Crippen molar-refractivity contribution >= 4 is 32.5 Å². The summed E-state index contributed by atoms with van der Waals surface area (Å²) >= 11 is 3.54. The summed E-state index contributed by atoms with van der Waals surface area (Å²) in [7, 11) is 1.94. The summed E-state index contributed by atoms with van der Waals surface area (Å²) < 4.78 is 1.10. The molecule has 84 valence electrons. The molecule has 0 amide bonds. The number of rotatable bonds is 4. The Kier molecular flexibility index (Phi) is 3.74. The third-order valence-corrected chi connectivity index (χ3v) is 3.11. The fourth-order valence-corrected chi connectivity index (χ4v) is 2.11. The van der Waals surface area contributed by atoms with Crippen molar-refractivity contribution in [2.45, 2.75) is 0 Å². The monoisotopic (exact) mass is 279 g/mol. The Morgan fingerprint density at radius 1 is 1.19 bits per heavy atom. The van der Waals surface area contributed by atoms with Crippen molar-refractivity contribution in [1.82, 2.24) is 10.3 Å². The second-order valence-electron chi connectivity index (χ2n) is 3.52. The number of hydrogen-bond donors (Lipinski definition) is 2.